The zero-order valence-corrected chi connectivity index (χ0v) is 7.08. The topological polar surface area (TPSA) is 9.23 Å². The van der Waals surface area contributed by atoms with E-state index in [2.05, 4.69) is 11.8 Å². The Bertz CT molecular complexity index is 110. The van der Waals surface area contributed by atoms with Crippen LogP contribution in [0.2, 0.25) is 0 Å². The molecule has 0 bridgehead atoms. The van der Waals surface area contributed by atoms with Crippen molar-refractivity contribution >= 4 is 11.8 Å². The summed E-state index contributed by atoms with van der Waals surface area (Å²) in [6.07, 6.45) is 5.49. The Morgan fingerprint density at radius 2 is 1.90 bits per heavy atom. The van der Waals surface area contributed by atoms with Crippen LogP contribution in [-0.4, -0.2) is 23.7 Å². The van der Waals surface area contributed by atoms with Gasteiger partial charge in [-0.15, -0.1) is 0 Å². The Morgan fingerprint density at radius 3 is 2.50 bits per heavy atom. The summed E-state index contributed by atoms with van der Waals surface area (Å²) in [5, 5.41) is 0. The maximum absolute atomic E-state index is 5.34. The Balaban J connectivity index is 1.98. The van der Waals surface area contributed by atoms with Gasteiger partial charge in [-0.1, -0.05) is 0 Å². The van der Waals surface area contributed by atoms with E-state index in [1.54, 1.807) is 0 Å². The molecule has 0 atom stereocenters. The van der Waals surface area contributed by atoms with Gasteiger partial charge in [0.25, 0.3) is 0 Å². The van der Waals surface area contributed by atoms with E-state index in [0.717, 1.165) is 13.2 Å². The van der Waals surface area contributed by atoms with Crippen LogP contribution in [0.1, 0.15) is 25.7 Å². The molecule has 2 aliphatic rings. The highest BCUT2D eigenvalue weighted by Gasteiger charge is 2.35. The largest absolute Gasteiger partial charge is 0.381 e. The van der Waals surface area contributed by atoms with Gasteiger partial charge in [-0.25, -0.2) is 0 Å². The van der Waals surface area contributed by atoms with E-state index in [1.165, 1.54) is 31.4 Å². The van der Waals surface area contributed by atoms with Gasteiger partial charge in [-0.3, -0.25) is 0 Å². The minimum Gasteiger partial charge on any atom is -0.381 e. The summed E-state index contributed by atoms with van der Waals surface area (Å²) in [4.78, 5) is 0. The van der Waals surface area contributed by atoms with Crippen LogP contribution in [0, 0.1) is 0 Å². The number of thioether (sulfide) groups is 1. The van der Waals surface area contributed by atoms with Gasteiger partial charge in [0.2, 0.25) is 0 Å². The van der Waals surface area contributed by atoms with Gasteiger partial charge in [-0.05, 0) is 31.4 Å². The van der Waals surface area contributed by atoms with Gasteiger partial charge in [-0.2, -0.15) is 11.8 Å². The van der Waals surface area contributed by atoms with Crippen molar-refractivity contribution in [3.8, 4) is 0 Å². The van der Waals surface area contributed by atoms with Crippen molar-refractivity contribution in [2.75, 3.05) is 19.0 Å². The molecule has 58 valence electrons. The van der Waals surface area contributed by atoms with Crippen LogP contribution in [0.4, 0.5) is 0 Å². The summed E-state index contributed by atoms with van der Waals surface area (Å²) in [6.45, 7) is 2.01. The van der Waals surface area contributed by atoms with Crippen LogP contribution in [-0.2, 0) is 4.74 Å². The fraction of sp³-hybridized carbons (Fsp3) is 1.00. The molecule has 2 heterocycles. The highest BCUT2D eigenvalue weighted by Crippen LogP contribution is 2.44. The maximum Gasteiger partial charge on any atom is 0.0479 e. The van der Waals surface area contributed by atoms with E-state index in [1.807, 2.05) is 0 Å². The Labute approximate surface area is 66.5 Å². The Hall–Kier alpha value is 0.310. The first kappa shape index (κ1) is 6.99. The van der Waals surface area contributed by atoms with Crippen LogP contribution >= 0.6 is 11.8 Å². The molecule has 2 rings (SSSR count). The summed E-state index contributed by atoms with van der Waals surface area (Å²) >= 11 is 2.19. The molecule has 0 aliphatic carbocycles. The lowest BCUT2D eigenvalue weighted by Crippen LogP contribution is -2.30. The van der Waals surface area contributed by atoms with E-state index < -0.39 is 0 Å². The molecule has 0 radical (unpaired) electrons. The van der Waals surface area contributed by atoms with Gasteiger partial charge in [0.1, 0.15) is 0 Å². The second-order valence-corrected chi connectivity index (χ2v) is 4.81. The molecule has 1 nitrogen and oxygen atoms in total. The summed E-state index contributed by atoms with van der Waals surface area (Å²) in [7, 11) is 0. The van der Waals surface area contributed by atoms with Crippen molar-refractivity contribution in [3.63, 3.8) is 0 Å². The molecule has 0 aromatic carbocycles. The van der Waals surface area contributed by atoms with E-state index in [0.29, 0.717) is 4.75 Å². The third-order valence-corrected chi connectivity index (χ3v) is 4.31. The summed E-state index contributed by atoms with van der Waals surface area (Å²) in [5.74, 6) is 1.39. The van der Waals surface area contributed by atoms with Crippen molar-refractivity contribution in [2.45, 2.75) is 30.4 Å². The van der Waals surface area contributed by atoms with E-state index in [-0.39, 0.29) is 0 Å². The molecule has 0 N–H and O–H groups in total. The monoisotopic (exact) mass is 158 g/mol. The standard InChI is InChI=1S/C8H14OS/c1-2-8(10-7-1)3-5-9-6-4-8/h1-7H2. The highest BCUT2D eigenvalue weighted by molar-refractivity contribution is 8.00. The lowest BCUT2D eigenvalue weighted by molar-refractivity contribution is 0.0768. The van der Waals surface area contributed by atoms with Gasteiger partial charge in [0, 0.05) is 18.0 Å². The van der Waals surface area contributed by atoms with Gasteiger partial charge in [0.05, 0.1) is 0 Å². The van der Waals surface area contributed by atoms with Gasteiger partial charge < -0.3 is 4.74 Å². The normalized spacial score (nSPS) is 31.2. The first-order chi connectivity index (χ1) is 4.91. The summed E-state index contributed by atoms with van der Waals surface area (Å²) in [5.41, 5.74) is 0. The molecule has 2 saturated heterocycles. The predicted octanol–water partition coefficient (Wildman–Crippen LogP) is 2.06. The van der Waals surface area contributed by atoms with Crippen LogP contribution in [0.3, 0.4) is 0 Å². The maximum atomic E-state index is 5.34. The lowest BCUT2D eigenvalue weighted by Gasteiger charge is -2.31. The lowest BCUT2D eigenvalue weighted by atomic mass is 9.95. The van der Waals surface area contributed by atoms with Crippen LogP contribution in [0.15, 0.2) is 0 Å². The number of hydrogen-bond donors (Lipinski definition) is 0. The molecular weight excluding hydrogens is 144 g/mol. The fourth-order valence-electron chi connectivity index (χ4n) is 1.89. The molecule has 0 amide bonds. The van der Waals surface area contributed by atoms with Crippen LogP contribution in [0.5, 0.6) is 0 Å². The molecule has 10 heavy (non-hydrogen) atoms. The molecule has 0 aromatic heterocycles. The predicted molar refractivity (Wildman–Crippen MR) is 44.5 cm³/mol. The number of hydrogen-bond acceptors (Lipinski definition) is 2. The first-order valence-electron chi connectivity index (χ1n) is 4.13. The SMILES string of the molecule is C1CSC2(C1)CCOCC2. The molecule has 2 aliphatic heterocycles. The first-order valence-corrected chi connectivity index (χ1v) is 5.12. The quantitative estimate of drug-likeness (QED) is 0.533. The van der Waals surface area contributed by atoms with Crippen molar-refractivity contribution in [2.24, 2.45) is 0 Å². The van der Waals surface area contributed by atoms with Gasteiger partial charge in [0.15, 0.2) is 0 Å². The molecule has 0 saturated carbocycles. The average molecular weight is 158 g/mol. The average Bonchev–Trinajstić information content (AvgIpc) is 2.39. The molecule has 0 aromatic rings. The second-order valence-electron chi connectivity index (χ2n) is 3.25. The number of ether oxygens (including phenoxy) is 1. The van der Waals surface area contributed by atoms with Crippen molar-refractivity contribution in [3.05, 3.63) is 0 Å². The highest BCUT2D eigenvalue weighted by atomic mass is 32.2. The Kier molecular flexibility index (Phi) is 1.92. The minimum absolute atomic E-state index is 0.665. The zero-order chi connectivity index (χ0) is 6.86. The second kappa shape index (κ2) is 2.74. The van der Waals surface area contributed by atoms with Crippen LogP contribution in [0.25, 0.3) is 0 Å². The number of rotatable bonds is 0. The fourth-order valence-corrected chi connectivity index (χ4v) is 3.36. The van der Waals surface area contributed by atoms with Crippen molar-refractivity contribution in [1.82, 2.24) is 0 Å². The third kappa shape index (κ3) is 1.19. The van der Waals surface area contributed by atoms with Crippen molar-refractivity contribution in [1.29, 1.82) is 0 Å². The Morgan fingerprint density at radius 1 is 1.10 bits per heavy atom. The molecule has 2 heteroatoms. The third-order valence-electron chi connectivity index (χ3n) is 2.59. The van der Waals surface area contributed by atoms with E-state index in [4.69, 9.17) is 4.74 Å². The molecular formula is C8H14OS. The van der Waals surface area contributed by atoms with Gasteiger partial charge >= 0.3 is 0 Å². The van der Waals surface area contributed by atoms with E-state index in [9.17, 15) is 0 Å². The molecule has 2 fully saturated rings. The smallest absolute Gasteiger partial charge is 0.0479 e. The summed E-state index contributed by atoms with van der Waals surface area (Å²) < 4.78 is 6.01. The van der Waals surface area contributed by atoms with Crippen molar-refractivity contribution < 1.29 is 4.74 Å². The summed E-state index contributed by atoms with van der Waals surface area (Å²) in [6, 6.07) is 0. The minimum atomic E-state index is 0.665. The zero-order valence-electron chi connectivity index (χ0n) is 6.27. The molecule has 0 unspecified atom stereocenters. The van der Waals surface area contributed by atoms with Crippen LogP contribution < -0.4 is 0 Å². The molecule has 1 spiro atoms. The van der Waals surface area contributed by atoms with E-state index >= 15 is 0 Å².